The molecule has 0 radical (unpaired) electrons. The summed E-state index contributed by atoms with van der Waals surface area (Å²) in [6, 6.07) is 0. The number of carbonyl (C=O) groups is 2. The summed E-state index contributed by atoms with van der Waals surface area (Å²) in [5.74, 6) is -1.26. The molecular weight excluding hydrogens is 344 g/mol. The molecule has 0 aliphatic heterocycles. The van der Waals surface area contributed by atoms with Gasteiger partial charge in [0.1, 0.15) is 5.78 Å². The van der Waals surface area contributed by atoms with Crippen molar-refractivity contribution in [1.29, 1.82) is 0 Å². The van der Waals surface area contributed by atoms with Crippen LogP contribution in [0.3, 0.4) is 0 Å². The molecule has 0 aromatic carbocycles. The molecule has 5 nitrogen and oxygen atoms in total. The Morgan fingerprint density at radius 1 is 1.19 bits per heavy atom. The quantitative estimate of drug-likeness (QED) is 0.312. The van der Waals surface area contributed by atoms with Crippen LogP contribution in [0.15, 0.2) is 24.3 Å². The number of rotatable bonds is 14. The fourth-order valence-corrected chi connectivity index (χ4v) is 3.57. The average Bonchev–Trinajstić information content (AvgIpc) is 2.88. The second kappa shape index (κ2) is 13.7. The maximum atomic E-state index is 12.2. The number of aliphatic hydroxyl groups excluding tert-OH is 2. The molecule has 0 amide bonds. The van der Waals surface area contributed by atoms with Gasteiger partial charge in [0.25, 0.3) is 0 Å². The van der Waals surface area contributed by atoms with Gasteiger partial charge in [-0.25, -0.2) is 0 Å². The Bertz CT molecular complexity index is 497. The van der Waals surface area contributed by atoms with E-state index in [-0.39, 0.29) is 30.5 Å². The van der Waals surface area contributed by atoms with Crippen molar-refractivity contribution in [3.63, 3.8) is 0 Å². The molecule has 1 saturated carbocycles. The van der Waals surface area contributed by atoms with Gasteiger partial charge >= 0.3 is 5.97 Å². The fourth-order valence-electron chi connectivity index (χ4n) is 3.57. The second-order valence-corrected chi connectivity index (χ2v) is 7.57. The van der Waals surface area contributed by atoms with Gasteiger partial charge < -0.3 is 15.3 Å². The van der Waals surface area contributed by atoms with E-state index in [4.69, 9.17) is 5.11 Å². The minimum Gasteiger partial charge on any atom is -0.481 e. The van der Waals surface area contributed by atoms with E-state index in [1.54, 1.807) is 6.08 Å². The van der Waals surface area contributed by atoms with E-state index in [1.807, 2.05) is 18.2 Å². The number of carboxylic acids is 1. The van der Waals surface area contributed by atoms with E-state index in [1.165, 1.54) is 19.3 Å². The first-order valence-electron chi connectivity index (χ1n) is 10.4. The lowest BCUT2D eigenvalue weighted by atomic mass is 9.90. The Kier molecular flexibility index (Phi) is 11.9. The van der Waals surface area contributed by atoms with E-state index in [0.717, 1.165) is 12.8 Å². The second-order valence-electron chi connectivity index (χ2n) is 7.57. The Morgan fingerprint density at radius 3 is 2.63 bits per heavy atom. The molecule has 27 heavy (non-hydrogen) atoms. The van der Waals surface area contributed by atoms with Gasteiger partial charge in [-0.3, -0.25) is 9.59 Å². The Hall–Kier alpha value is -1.46. The Balaban J connectivity index is 2.42. The predicted octanol–water partition coefficient (Wildman–Crippen LogP) is 4.03. The van der Waals surface area contributed by atoms with Crippen LogP contribution >= 0.6 is 0 Å². The van der Waals surface area contributed by atoms with Crippen molar-refractivity contribution >= 4 is 11.8 Å². The highest BCUT2D eigenvalue weighted by molar-refractivity contribution is 5.84. The number of carbonyl (C=O) groups excluding carboxylic acids is 1. The first kappa shape index (κ1) is 23.6. The molecule has 1 rings (SSSR count). The van der Waals surface area contributed by atoms with Gasteiger partial charge in [0, 0.05) is 24.7 Å². The summed E-state index contributed by atoms with van der Waals surface area (Å²) in [5.41, 5.74) is 0. The van der Waals surface area contributed by atoms with Crippen LogP contribution in [0.5, 0.6) is 0 Å². The van der Waals surface area contributed by atoms with Gasteiger partial charge in [-0.05, 0) is 25.7 Å². The third-order valence-corrected chi connectivity index (χ3v) is 5.21. The molecule has 1 aliphatic rings. The number of unbranched alkanes of at least 4 members (excludes halogenated alkanes) is 5. The molecule has 1 aliphatic carbocycles. The zero-order valence-electron chi connectivity index (χ0n) is 16.6. The standard InChI is InChI=1S/C22H36O5/c1-2-3-4-5-8-11-17(23)14-15-19-18(20(24)16-21(19)25)12-9-6-7-10-13-22(26)27/h6,9,14-15,17-19,21,23,25H,2-5,7-8,10-13,16H2,1H3,(H,26,27)/b9-6-,15-14+/t17-,18+,19+,21+/m0/s1. The maximum absolute atomic E-state index is 12.2. The topological polar surface area (TPSA) is 94.8 Å². The molecule has 5 heteroatoms. The monoisotopic (exact) mass is 380 g/mol. The summed E-state index contributed by atoms with van der Waals surface area (Å²) in [7, 11) is 0. The number of allylic oxidation sites excluding steroid dienone is 2. The zero-order valence-corrected chi connectivity index (χ0v) is 16.6. The van der Waals surface area contributed by atoms with Crippen molar-refractivity contribution in [3.8, 4) is 0 Å². The summed E-state index contributed by atoms with van der Waals surface area (Å²) in [6.07, 6.45) is 14.7. The molecule has 0 saturated heterocycles. The lowest BCUT2D eigenvalue weighted by molar-refractivity contribution is -0.137. The van der Waals surface area contributed by atoms with Crippen molar-refractivity contribution in [2.24, 2.45) is 11.8 Å². The highest BCUT2D eigenvalue weighted by atomic mass is 16.4. The highest BCUT2D eigenvalue weighted by Gasteiger charge is 2.39. The zero-order chi connectivity index (χ0) is 20.1. The summed E-state index contributed by atoms with van der Waals surface area (Å²) in [6.45, 7) is 2.17. The normalized spacial score (nSPS) is 24.3. The first-order chi connectivity index (χ1) is 13.0. The predicted molar refractivity (Wildman–Crippen MR) is 106 cm³/mol. The van der Waals surface area contributed by atoms with E-state index in [2.05, 4.69) is 6.92 Å². The van der Waals surface area contributed by atoms with E-state index in [0.29, 0.717) is 25.7 Å². The van der Waals surface area contributed by atoms with E-state index in [9.17, 15) is 19.8 Å². The van der Waals surface area contributed by atoms with E-state index >= 15 is 0 Å². The first-order valence-corrected chi connectivity index (χ1v) is 10.4. The van der Waals surface area contributed by atoms with Crippen molar-refractivity contribution in [1.82, 2.24) is 0 Å². The fraction of sp³-hybridized carbons (Fsp3) is 0.727. The van der Waals surface area contributed by atoms with Crippen molar-refractivity contribution in [2.45, 2.75) is 89.8 Å². The highest BCUT2D eigenvalue weighted by Crippen LogP contribution is 2.33. The maximum Gasteiger partial charge on any atom is 0.303 e. The SMILES string of the molecule is CCCCCCC[C@H](O)/C=C/[C@H]1[C@H](O)CC(=O)[C@@H]1C/C=C\CCCC(=O)O. The average molecular weight is 381 g/mol. The third kappa shape index (κ3) is 9.87. The summed E-state index contributed by atoms with van der Waals surface area (Å²) in [5, 5.41) is 28.9. The number of carboxylic acid groups (broad SMARTS) is 1. The molecule has 0 heterocycles. The van der Waals surface area contributed by atoms with Crippen LogP contribution in [0.4, 0.5) is 0 Å². The van der Waals surface area contributed by atoms with Crippen LogP contribution in [0.1, 0.15) is 77.6 Å². The molecular formula is C22H36O5. The molecule has 0 spiro atoms. The Morgan fingerprint density at radius 2 is 1.93 bits per heavy atom. The number of hydrogen-bond donors (Lipinski definition) is 3. The molecule has 0 aromatic rings. The lowest BCUT2D eigenvalue weighted by Crippen LogP contribution is -2.18. The van der Waals surface area contributed by atoms with Crippen LogP contribution in [0.2, 0.25) is 0 Å². The summed E-state index contributed by atoms with van der Waals surface area (Å²) < 4.78 is 0. The van der Waals surface area contributed by atoms with Gasteiger partial charge in [0.15, 0.2) is 0 Å². The van der Waals surface area contributed by atoms with Crippen LogP contribution < -0.4 is 0 Å². The summed E-state index contributed by atoms with van der Waals surface area (Å²) >= 11 is 0. The van der Waals surface area contributed by atoms with Crippen LogP contribution in [0, 0.1) is 11.8 Å². The van der Waals surface area contributed by atoms with Crippen LogP contribution in [-0.4, -0.2) is 39.3 Å². The number of ketones is 1. The lowest BCUT2D eigenvalue weighted by Gasteiger charge is -2.16. The van der Waals surface area contributed by atoms with E-state index < -0.39 is 18.2 Å². The van der Waals surface area contributed by atoms with Crippen molar-refractivity contribution < 1.29 is 24.9 Å². The molecule has 1 fully saturated rings. The molecule has 3 N–H and O–H groups in total. The minimum absolute atomic E-state index is 0.0568. The smallest absolute Gasteiger partial charge is 0.303 e. The number of aliphatic hydroxyl groups is 2. The largest absolute Gasteiger partial charge is 0.481 e. The van der Waals surface area contributed by atoms with Gasteiger partial charge in [0.2, 0.25) is 0 Å². The third-order valence-electron chi connectivity index (χ3n) is 5.21. The number of Topliss-reactive ketones (excluding diaryl/α,β-unsaturated/α-hetero) is 1. The number of hydrogen-bond acceptors (Lipinski definition) is 4. The molecule has 4 atom stereocenters. The van der Waals surface area contributed by atoms with Gasteiger partial charge in [-0.2, -0.15) is 0 Å². The van der Waals surface area contributed by atoms with Gasteiger partial charge in [-0.1, -0.05) is 63.3 Å². The van der Waals surface area contributed by atoms with Crippen molar-refractivity contribution in [3.05, 3.63) is 24.3 Å². The van der Waals surface area contributed by atoms with Crippen LogP contribution in [-0.2, 0) is 9.59 Å². The van der Waals surface area contributed by atoms with Gasteiger partial charge in [-0.15, -0.1) is 0 Å². The Labute approximate surface area is 163 Å². The molecule has 154 valence electrons. The molecule has 0 bridgehead atoms. The van der Waals surface area contributed by atoms with Gasteiger partial charge in [0.05, 0.1) is 12.2 Å². The van der Waals surface area contributed by atoms with Crippen LogP contribution in [0.25, 0.3) is 0 Å². The molecule has 0 unspecified atom stereocenters. The molecule has 0 aromatic heterocycles. The number of aliphatic carboxylic acids is 1. The summed E-state index contributed by atoms with van der Waals surface area (Å²) in [4.78, 5) is 22.6. The van der Waals surface area contributed by atoms with Crippen molar-refractivity contribution in [2.75, 3.05) is 0 Å². The minimum atomic E-state index is -0.799.